The van der Waals surface area contributed by atoms with Crippen LogP contribution in [-0.2, 0) is 11.2 Å². The van der Waals surface area contributed by atoms with Gasteiger partial charge in [-0.3, -0.25) is 15.0 Å². The molecule has 3 N–H and O–H groups in total. The Kier molecular flexibility index (Phi) is 3.44. The number of aryl methyl sites for hydroxylation is 1. The largest absolute Gasteiger partial charge is 0.351 e. The lowest BCUT2D eigenvalue weighted by Crippen LogP contribution is -2.44. The van der Waals surface area contributed by atoms with E-state index in [2.05, 4.69) is 28.4 Å². The molecule has 0 saturated heterocycles. The van der Waals surface area contributed by atoms with Crippen LogP contribution in [0.25, 0.3) is 0 Å². The number of carbonyl (C=O) groups is 2. The molecule has 0 spiro atoms. The van der Waals surface area contributed by atoms with Crippen LogP contribution < -0.4 is 11.1 Å². The molecule has 1 saturated carbocycles. The number of urea groups is 1. The Bertz CT molecular complexity index is 540. The van der Waals surface area contributed by atoms with Crippen LogP contribution in [0.5, 0.6) is 0 Å². The summed E-state index contributed by atoms with van der Waals surface area (Å²) in [6, 6.07) is 8.38. The van der Waals surface area contributed by atoms with Gasteiger partial charge in [0.05, 0.1) is 6.54 Å². The predicted molar refractivity (Wildman–Crippen MR) is 75.0 cm³/mol. The third-order valence-electron chi connectivity index (χ3n) is 4.11. The van der Waals surface area contributed by atoms with Crippen LogP contribution in [0, 0.1) is 0 Å². The molecule has 0 bridgehead atoms. The van der Waals surface area contributed by atoms with Crippen molar-refractivity contribution in [2.24, 2.45) is 5.73 Å². The number of fused-ring (bicyclic) bond motifs is 1. The number of rotatable bonds is 4. The summed E-state index contributed by atoms with van der Waals surface area (Å²) in [6.07, 6.45) is 4.35. The van der Waals surface area contributed by atoms with Gasteiger partial charge in [-0.25, -0.2) is 4.79 Å². The standard InChI is InChI=1S/C15H19N3O2/c16-15(20)17-14(19)9-18(11-6-7-11)13-8-5-10-3-1-2-4-12(10)13/h1-4,11,13H,5-9H2,(H3,16,17,19,20). The lowest BCUT2D eigenvalue weighted by molar-refractivity contribution is -0.121. The fourth-order valence-electron chi connectivity index (χ4n) is 3.12. The number of nitrogens with zero attached hydrogens (tertiary/aromatic N) is 1. The van der Waals surface area contributed by atoms with Crippen molar-refractivity contribution < 1.29 is 9.59 Å². The molecule has 3 rings (SSSR count). The van der Waals surface area contributed by atoms with Gasteiger partial charge < -0.3 is 5.73 Å². The highest BCUT2D eigenvalue weighted by Gasteiger charge is 2.38. The van der Waals surface area contributed by atoms with Gasteiger partial charge >= 0.3 is 6.03 Å². The van der Waals surface area contributed by atoms with Gasteiger partial charge in [-0.05, 0) is 36.8 Å². The molecule has 3 amide bonds. The molecule has 1 aromatic rings. The van der Waals surface area contributed by atoms with Crippen molar-refractivity contribution in [3.63, 3.8) is 0 Å². The molecule has 2 aliphatic carbocycles. The first-order valence-electron chi connectivity index (χ1n) is 7.08. The molecular formula is C15H19N3O2. The maximum atomic E-state index is 11.8. The van der Waals surface area contributed by atoms with E-state index in [-0.39, 0.29) is 18.5 Å². The van der Waals surface area contributed by atoms with Crippen molar-refractivity contribution in [1.82, 2.24) is 10.2 Å². The van der Waals surface area contributed by atoms with Gasteiger partial charge in [0.2, 0.25) is 5.91 Å². The zero-order valence-electron chi connectivity index (χ0n) is 11.3. The summed E-state index contributed by atoms with van der Waals surface area (Å²) in [5.41, 5.74) is 7.70. The summed E-state index contributed by atoms with van der Waals surface area (Å²) in [6.45, 7) is 0.243. The van der Waals surface area contributed by atoms with Crippen molar-refractivity contribution in [1.29, 1.82) is 0 Å². The van der Waals surface area contributed by atoms with E-state index >= 15 is 0 Å². The number of nitrogens with two attached hydrogens (primary N) is 1. The van der Waals surface area contributed by atoms with Crippen molar-refractivity contribution in [3.8, 4) is 0 Å². The first-order chi connectivity index (χ1) is 9.65. The molecule has 106 valence electrons. The number of carbonyl (C=O) groups excluding carboxylic acids is 2. The lowest BCUT2D eigenvalue weighted by atomic mass is 10.1. The van der Waals surface area contributed by atoms with Crippen LogP contribution >= 0.6 is 0 Å². The molecule has 20 heavy (non-hydrogen) atoms. The number of imide groups is 1. The third-order valence-corrected chi connectivity index (χ3v) is 4.11. The monoisotopic (exact) mass is 273 g/mol. The first-order valence-corrected chi connectivity index (χ1v) is 7.08. The fourth-order valence-corrected chi connectivity index (χ4v) is 3.12. The highest BCUT2D eigenvalue weighted by atomic mass is 16.2. The van der Waals surface area contributed by atoms with Crippen LogP contribution in [-0.4, -0.2) is 29.4 Å². The number of hydrogen-bond acceptors (Lipinski definition) is 3. The fraction of sp³-hybridized carbons (Fsp3) is 0.467. The SMILES string of the molecule is NC(=O)NC(=O)CN(C1CC1)C1CCc2ccccc21. The normalized spacial score (nSPS) is 20.8. The number of hydrogen-bond donors (Lipinski definition) is 2. The Hall–Kier alpha value is -1.88. The topological polar surface area (TPSA) is 75.4 Å². The third kappa shape index (κ3) is 2.67. The minimum Gasteiger partial charge on any atom is -0.351 e. The molecule has 0 aromatic heterocycles. The van der Waals surface area contributed by atoms with E-state index in [1.54, 1.807) is 0 Å². The number of amides is 3. The molecule has 0 heterocycles. The Morgan fingerprint density at radius 1 is 1.25 bits per heavy atom. The van der Waals surface area contributed by atoms with Gasteiger partial charge in [-0.1, -0.05) is 24.3 Å². The predicted octanol–water partition coefficient (Wildman–Crippen LogP) is 1.33. The van der Waals surface area contributed by atoms with Gasteiger partial charge in [-0.2, -0.15) is 0 Å². The van der Waals surface area contributed by atoms with Crippen molar-refractivity contribution in [3.05, 3.63) is 35.4 Å². The highest BCUT2D eigenvalue weighted by molar-refractivity contribution is 5.94. The maximum Gasteiger partial charge on any atom is 0.318 e. The second-order valence-electron chi connectivity index (χ2n) is 5.57. The average molecular weight is 273 g/mol. The Labute approximate surface area is 118 Å². The Morgan fingerprint density at radius 2 is 2.00 bits per heavy atom. The maximum absolute atomic E-state index is 11.8. The summed E-state index contributed by atoms with van der Waals surface area (Å²) in [5, 5.41) is 2.16. The van der Waals surface area contributed by atoms with Crippen molar-refractivity contribution >= 4 is 11.9 Å². The Balaban J connectivity index is 1.75. The van der Waals surface area contributed by atoms with E-state index in [1.807, 2.05) is 6.07 Å². The highest BCUT2D eigenvalue weighted by Crippen LogP contribution is 2.41. The van der Waals surface area contributed by atoms with Crippen molar-refractivity contribution in [2.75, 3.05) is 6.54 Å². The van der Waals surface area contributed by atoms with Crippen LogP contribution in [0.3, 0.4) is 0 Å². The molecule has 1 fully saturated rings. The molecule has 0 aliphatic heterocycles. The van der Waals surface area contributed by atoms with E-state index in [1.165, 1.54) is 11.1 Å². The molecule has 2 aliphatic rings. The van der Waals surface area contributed by atoms with E-state index in [0.29, 0.717) is 6.04 Å². The average Bonchev–Trinajstić information content (AvgIpc) is 3.15. The smallest absolute Gasteiger partial charge is 0.318 e. The minimum atomic E-state index is -0.780. The Morgan fingerprint density at radius 3 is 2.70 bits per heavy atom. The van der Waals surface area contributed by atoms with Crippen LogP contribution in [0.1, 0.15) is 36.4 Å². The zero-order chi connectivity index (χ0) is 14.1. The zero-order valence-corrected chi connectivity index (χ0v) is 11.3. The van der Waals surface area contributed by atoms with Gasteiger partial charge in [0, 0.05) is 12.1 Å². The van der Waals surface area contributed by atoms with Gasteiger partial charge in [0.25, 0.3) is 0 Å². The van der Waals surface area contributed by atoms with E-state index in [0.717, 1.165) is 25.7 Å². The number of primary amides is 1. The van der Waals surface area contributed by atoms with Crippen molar-refractivity contribution in [2.45, 2.75) is 37.8 Å². The summed E-state index contributed by atoms with van der Waals surface area (Å²) in [5.74, 6) is -0.311. The molecule has 1 unspecified atom stereocenters. The van der Waals surface area contributed by atoms with E-state index < -0.39 is 6.03 Å². The summed E-state index contributed by atoms with van der Waals surface area (Å²) < 4.78 is 0. The van der Waals surface area contributed by atoms with Gasteiger partial charge in [-0.15, -0.1) is 0 Å². The second kappa shape index (κ2) is 5.25. The summed E-state index contributed by atoms with van der Waals surface area (Å²) >= 11 is 0. The minimum absolute atomic E-state index is 0.243. The van der Waals surface area contributed by atoms with Crippen LogP contribution in [0.4, 0.5) is 4.79 Å². The van der Waals surface area contributed by atoms with Crippen LogP contribution in [0.2, 0.25) is 0 Å². The molecule has 5 nitrogen and oxygen atoms in total. The van der Waals surface area contributed by atoms with Gasteiger partial charge in [0.15, 0.2) is 0 Å². The second-order valence-corrected chi connectivity index (χ2v) is 5.57. The molecule has 1 atom stereocenters. The van der Waals surface area contributed by atoms with E-state index in [4.69, 9.17) is 5.73 Å². The molecular weight excluding hydrogens is 254 g/mol. The molecule has 1 aromatic carbocycles. The van der Waals surface area contributed by atoms with Crippen LogP contribution in [0.15, 0.2) is 24.3 Å². The first kappa shape index (κ1) is 13.1. The van der Waals surface area contributed by atoms with Gasteiger partial charge in [0.1, 0.15) is 0 Å². The number of nitrogens with one attached hydrogen (secondary N) is 1. The summed E-state index contributed by atoms with van der Waals surface area (Å²) in [4.78, 5) is 24.8. The number of benzene rings is 1. The van der Waals surface area contributed by atoms with E-state index in [9.17, 15) is 9.59 Å². The molecule has 5 heteroatoms. The molecule has 0 radical (unpaired) electrons. The summed E-state index contributed by atoms with van der Waals surface area (Å²) in [7, 11) is 0. The lowest BCUT2D eigenvalue weighted by Gasteiger charge is -2.28. The quantitative estimate of drug-likeness (QED) is 0.869.